The van der Waals surface area contributed by atoms with Crippen LogP contribution in [0.25, 0.3) is 6.08 Å². The minimum Gasteiger partial charge on any atom is -0.463 e. The number of unbranched alkanes of at least 4 members (excludes halogenated alkanes) is 1. The van der Waals surface area contributed by atoms with Gasteiger partial charge >= 0.3 is 11.9 Å². The first-order valence-corrected chi connectivity index (χ1v) is 6.49. The monoisotopic (exact) mass is 274 g/mol. The molecule has 1 rings (SSSR count). The number of hydrogen-bond donors (Lipinski definition) is 0. The largest absolute Gasteiger partial charge is 0.463 e. The number of rotatable bonds is 7. The molecule has 0 fully saturated rings. The average Bonchev–Trinajstić information content (AvgIpc) is 2.46. The lowest BCUT2D eigenvalue weighted by Crippen LogP contribution is -2.03. The number of benzene rings is 1. The third kappa shape index (κ3) is 7.16. The molecule has 0 saturated heterocycles. The van der Waals surface area contributed by atoms with E-state index in [4.69, 9.17) is 9.47 Å². The Labute approximate surface area is 118 Å². The molecule has 0 aliphatic rings. The summed E-state index contributed by atoms with van der Waals surface area (Å²) in [5, 5.41) is 0. The molecule has 106 valence electrons. The van der Waals surface area contributed by atoms with Crippen LogP contribution in [0, 0.1) is 0 Å². The third-order valence-corrected chi connectivity index (χ3v) is 2.34. The molecule has 0 aliphatic heterocycles. The topological polar surface area (TPSA) is 52.6 Å². The number of carbonyl (C=O) groups is 2. The van der Waals surface area contributed by atoms with Crippen LogP contribution < -0.4 is 0 Å². The summed E-state index contributed by atoms with van der Waals surface area (Å²) >= 11 is 0. The molecular weight excluding hydrogens is 256 g/mol. The zero-order valence-corrected chi connectivity index (χ0v) is 11.5. The highest BCUT2D eigenvalue weighted by atomic mass is 16.5. The standard InChI is InChI=1S/C16H18O4/c1-2-3-12-19-15(17)9-10-16(18)20-13-11-14-7-5-4-6-8-14/h4-11,13H,2-3,12H2,1H3/b10-9-,13-11?. The number of carbonyl (C=O) groups excluding carboxylic acids is 2. The van der Waals surface area contributed by atoms with E-state index in [2.05, 4.69) is 0 Å². The predicted octanol–water partition coefficient (Wildman–Crippen LogP) is 3.10. The third-order valence-electron chi connectivity index (χ3n) is 2.34. The molecule has 0 spiro atoms. The summed E-state index contributed by atoms with van der Waals surface area (Å²) in [5.41, 5.74) is 0.920. The number of hydrogen-bond acceptors (Lipinski definition) is 4. The van der Waals surface area contributed by atoms with Crippen molar-refractivity contribution in [3.8, 4) is 0 Å². The smallest absolute Gasteiger partial charge is 0.335 e. The Bertz CT molecular complexity index is 475. The van der Waals surface area contributed by atoms with Gasteiger partial charge in [-0.25, -0.2) is 9.59 Å². The van der Waals surface area contributed by atoms with Gasteiger partial charge in [-0.05, 0) is 18.1 Å². The Morgan fingerprint density at radius 1 is 1.10 bits per heavy atom. The van der Waals surface area contributed by atoms with Crippen LogP contribution >= 0.6 is 0 Å². The van der Waals surface area contributed by atoms with Gasteiger partial charge < -0.3 is 9.47 Å². The van der Waals surface area contributed by atoms with Crippen molar-refractivity contribution in [2.24, 2.45) is 0 Å². The van der Waals surface area contributed by atoms with Crippen LogP contribution in [0.1, 0.15) is 25.3 Å². The zero-order valence-electron chi connectivity index (χ0n) is 11.5. The van der Waals surface area contributed by atoms with Crippen molar-refractivity contribution >= 4 is 18.0 Å². The summed E-state index contributed by atoms with van der Waals surface area (Å²) < 4.78 is 9.66. The van der Waals surface area contributed by atoms with Crippen molar-refractivity contribution in [3.63, 3.8) is 0 Å². The molecule has 0 N–H and O–H groups in total. The van der Waals surface area contributed by atoms with Crippen molar-refractivity contribution in [1.29, 1.82) is 0 Å². The van der Waals surface area contributed by atoms with E-state index >= 15 is 0 Å². The minimum absolute atomic E-state index is 0.364. The van der Waals surface area contributed by atoms with E-state index in [1.54, 1.807) is 6.08 Å². The molecule has 0 heterocycles. The van der Waals surface area contributed by atoms with E-state index in [0.717, 1.165) is 30.6 Å². The van der Waals surface area contributed by atoms with Crippen LogP contribution in [-0.2, 0) is 19.1 Å². The van der Waals surface area contributed by atoms with Crippen molar-refractivity contribution in [2.75, 3.05) is 6.61 Å². The van der Waals surface area contributed by atoms with Crippen LogP contribution in [-0.4, -0.2) is 18.5 Å². The van der Waals surface area contributed by atoms with Crippen LogP contribution in [0.15, 0.2) is 48.7 Å². The molecule has 0 aromatic heterocycles. The van der Waals surface area contributed by atoms with Crippen molar-refractivity contribution in [1.82, 2.24) is 0 Å². The lowest BCUT2D eigenvalue weighted by molar-refractivity contribution is -0.138. The fourth-order valence-electron chi connectivity index (χ4n) is 1.28. The highest BCUT2D eigenvalue weighted by Crippen LogP contribution is 2.01. The van der Waals surface area contributed by atoms with Crippen molar-refractivity contribution < 1.29 is 19.1 Å². The molecule has 0 radical (unpaired) electrons. The highest BCUT2D eigenvalue weighted by Gasteiger charge is 1.99. The van der Waals surface area contributed by atoms with Gasteiger partial charge in [-0.15, -0.1) is 0 Å². The molecule has 1 aromatic carbocycles. The van der Waals surface area contributed by atoms with Crippen LogP contribution in [0.2, 0.25) is 0 Å². The van der Waals surface area contributed by atoms with Gasteiger partial charge in [0.15, 0.2) is 0 Å². The van der Waals surface area contributed by atoms with Gasteiger partial charge in [0.05, 0.1) is 12.9 Å². The lowest BCUT2D eigenvalue weighted by Gasteiger charge is -1.98. The molecule has 0 atom stereocenters. The van der Waals surface area contributed by atoms with Crippen molar-refractivity contribution in [2.45, 2.75) is 19.8 Å². The Hall–Kier alpha value is -2.36. The molecule has 0 aliphatic carbocycles. The fourth-order valence-corrected chi connectivity index (χ4v) is 1.28. The van der Waals surface area contributed by atoms with Gasteiger partial charge in [0, 0.05) is 12.2 Å². The van der Waals surface area contributed by atoms with E-state index in [1.165, 1.54) is 6.26 Å². The SMILES string of the molecule is CCCCOC(=O)/C=C\C(=O)OC=Cc1ccccc1. The van der Waals surface area contributed by atoms with Crippen LogP contribution in [0.5, 0.6) is 0 Å². The molecule has 20 heavy (non-hydrogen) atoms. The first-order valence-electron chi connectivity index (χ1n) is 6.49. The quantitative estimate of drug-likeness (QED) is 0.332. The van der Waals surface area contributed by atoms with Gasteiger partial charge in [-0.2, -0.15) is 0 Å². The fraction of sp³-hybridized carbons (Fsp3) is 0.250. The van der Waals surface area contributed by atoms with Crippen LogP contribution in [0.3, 0.4) is 0 Å². The van der Waals surface area contributed by atoms with Crippen molar-refractivity contribution in [3.05, 3.63) is 54.3 Å². The Kier molecular flexibility index (Phi) is 7.50. The van der Waals surface area contributed by atoms with Gasteiger partial charge in [0.1, 0.15) is 0 Å². The molecule has 4 nitrogen and oxygen atoms in total. The molecule has 0 amide bonds. The maximum absolute atomic E-state index is 11.3. The molecule has 0 saturated carbocycles. The van der Waals surface area contributed by atoms with Gasteiger partial charge in [0.2, 0.25) is 0 Å². The Balaban J connectivity index is 2.29. The molecule has 0 bridgehead atoms. The van der Waals surface area contributed by atoms with E-state index in [9.17, 15) is 9.59 Å². The first-order chi connectivity index (χ1) is 9.72. The van der Waals surface area contributed by atoms with Gasteiger partial charge in [-0.1, -0.05) is 43.7 Å². The number of esters is 2. The number of ether oxygens (including phenoxy) is 2. The van der Waals surface area contributed by atoms with E-state index in [-0.39, 0.29) is 0 Å². The van der Waals surface area contributed by atoms with E-state index in [1.807, 2.05) is 37.3 Å². The highest BCUT2D eigenvalue weighted by molar-refractivity contribution is 5.91. The summed E-state index contributed by atoms with van der Waals surface area (Å²) in [6.45, 7) is 2.36. The second-order valence-electron chi connectivity index (χ2n) is 4.00. The summed E-state index contributed by atoms with van der Waals surface area (Å²) in [6.07, 6.45) is 6.81. The first kappa shape index (κ1) is 15.7. The predicted molar refractivity (Wildman–Crippen MR) is 76.6 cm³/mol. The Morgan fingerprint density at radius 2 is 1.80 bits per heavy atom. The maximum atomic E-state index is 11.3. The summed E-state index contributed by atoms with van der Waals surface area (Å²) in [4.78, 5) is 22.5. The summed E-state index contributed by atoms with van der Waals surface area (Å²) in [5.74, 6) is -1.16. The van der Waals surface area contributed by atoms with E-state index in [0.29, 0.717) is 6.61 Å². The summed E-state index contributed by atoms with van der Waals surface area (Å²) in [7, 11) is 0. The Morgan fingerprint density at radius 3 is 2.50 bits per heavy atom. The molecule has 1 aromatic rings. The zero-order chi connectivity index (χ0) is 14.6. The second kappa shape index (κ2) is 9.55. The summed E-state index contributed by atoms with van der Waals surface area (Å²) in [6, 6.07) is 9.42. The normalized spacial score (nSPS) is 10.8. The lowest BCUT2D eigenvalue weighted by atomic mass is 10.2. The second-order valence-corrected chi connectivity index (χ2v) is 4.00. The minimum atomic E-state index is -0.621. The van der Waals surface area contributed by atoms with Gasteiger partial charge in [-0.3, -0.25) is 0 Å². The van der Waals surface area contributed by atoms with E-state index < -0.39 is 11.9 Å². The molecule has 0 unspecified atom stereocenters. The molecular formula is C16H18O4. The molecule has 4 heteroatoms. The van der Waals surface area contributed by atoms with Crippen LogP contribution in [0.4, 0.5) is 0 Å². The average molecular weight is 274 g/mol. The maximum Gasteiger partial charge on any atom is 0.335 e. The van der Waals surface area contributed by atoms with Gasteiger partial charge in [0.25, 0.3) is 0 Å².